The molecule has 0 radical (unpaired) electrons. The van der Waals surface area contributed by atoms with Crippen LogP contribution in [0, 0.1) is 11.8 Å². The van der Waals surface area contributed by atoms with Crippen molar-refractivity contribution in [3.8, 4) is 0 Å². The first kappa shape index (κ1) is 12.5. The molecular formula is C12H26B2N2. The van der Waals surface area contributed by atoms with Gasteiger partial charge in [0.1, 0.15) is 0 Å². The summed E-state index contributed by atoms with van der Waals surface area (Å²) in [6.45, 7) is 5.33. The van der Waals surface area contributed by atoms with Gasteiger partial charge in [0.2, 0.25) is 0 Å². The van der Waals surface area contributed by atoms with Gasteiger partial charge >= 0.3 is 0 Å². The standard InChI is InChI=1S/C12H26B2N2/c13-15-7-3-11(4-8-15)1-2-12-5-9-16(14)10-6-12/h11-12H,1-10,13-14H2. The normalized spacial score (nSPS) is 27.2. The zero-order valence-corrected chi connectivity index (χ0v) is 11.1. The third-order valence-corrected chi connectivity index (χ3v) is 4.66. The molecule has 90 valence electrons. The van der Waals surface area contributed by atoms with Crippen molar-refractivity contribution in [2.45, 2.75) is 38.5 Å². The zero-order chi connectivity index (χ0) is 11.4. The molecule has 2 heterocycles. The Labute approximate surface area is 103 Å². The summed E-state index contributed by atoms with van der Waals surface area (Å²) in [5.74, 6) is 2.08. The van der Waals surface area contributed by atoms with Gasteiger partial charge in [0, 0.05) is 0 Å². The van der Waals surface area contributed by atoms with Crippen molar-refractivity contribution in [2.24, 2.45) is 11.8 Å². The van der Waals surface area contributed by atoms with Crippen molar-refractivity contribution in [2.75, 3.05) is 26.2 Å². The summed E-state index contributed by atoms with van der Waals surface area (Å²) in [6, 6.07) is 0. The van der Waals surface area contributed by atoms with Crippen LogP contribution in [0.15, 0.2) is 0 Å². The highest BCUT2D eigenvalue weighted by atomic mass is 15.0. The Hall–Kier alpha value is 0.0499. The molecule has 0 aromatic heterocycles. The lowest BCUT2D eigenvalue weighted by Crippen LogP contribution is -2.33. The van der Waals surface area contributed by atoms with Crippen LogP contribution in [0.5, 0.6) is 0 Å². The molecular weight excluding hydrogens is 194 g/mol. The number of rotatable bonds is 3. The Bertz CT molecular complexity index is 175. The quantitative estimate of drug-likeness (QED) is 0.630. The fraction of sp³-hybridized carbons (Fsp3) is 1.00. The van der Waals surface area contributed by atoms with Crippen molar-refractivity contribution < 1.29 is 0 Å². The van der Waals surface area contributed by atoms with E-state index in [1.165, 1.54) is 64.7 Å². The molecule has 0 amide bonds. The molecule has 0 unspecified atom stereocenters. The van der Waals surface area contributed by atoms with E-state index in [2.05, 4.69) is 25.6 Å². The molecule has 0 saturated carbocycles. The van der Waals surface area contributed by atoms with E-state index < -0.39 is 0 Å². The largest absolute Gasteiger partial charge is 0.349 e. The molecule has 2 nitrogen and oxygen atoms in total. The van der Waals surface area contributed by atoms with Crippen molar-refractivity contribution in [3.05, 3.63) is 0 Å². The fourth-order valence-electron chi connectivity index (χ4n) is 3.17. The molecule has 16 heavy (non-hydrogen) atoms. The fourth-order valence-corrected chi connectivity index (χ4v) is 3.17. The Morgan fingerprint density at radius 2 is 1.00 bits per heavy atom. The molecule has 2 aliphatic heterocycles. The lowest BCUT2D eigenvalue weighted by Gasteiger charge is -2.32. The van der Waals surface area contributed by atoms with Gasteiger partial charge in [-0.25, -0.2) is 0 Å². The van der Waals surface area contributed by atoms with Crippen molar-refractivity contribution in [1.82, 2.24) is 9.62 Å². The van der Waals surface area contributed by atoms with Gasteiger partial charge in [-0.1, -0.05) is 12.8 Å². The topological polar surface area (TPSA) is 6.48 Å². The highest BCUT2D eigenvalue weighted by Crippen LogP contribution is 2.27. The summed E-state index contributed by atoms with van der Waals surface area (Å²) >= 11 is 0. The van der Waals surface area contributed by atoms with E-state index in [1.807, 2.05) is 0 Å². The first-order valence-electron chi connectivity index (χ1n) is 7.11. The van der Waals surface area contributed by atoms with Gasteiger partial charge in [0.05, 0.1) is 0 Å². The maximum absolute atomic E-state index is 2.48. The van der Waals surface area contributed by atoms with Gasteiger partial charge in [-0.2, -0.15) is 0 Å². The molecule has 0 bridgehead atoms. The predicted octanol–water partition coefficient (Wildman–Crippen LogP) is 0.287. The molecule has 0 aromatic carbocycles. The van der Waals surface area contributed by atoms with Crippen LogP contribution < -0.4 is 0 Å². The van der Waals surface area contributed by atoms with E-state index in [-0.39, 0.29) is 0 Å². The van der Waals surface area contributed by atoms with Crippen molar-refractivity contribution in [3.63, 3.8) is 0 Å². The minimum Gasteiger partial charge on any atom is -0.349 e. The van der Waals surface area contributed by atoms with E-state index in [9.17, 15) is 0 Å². The SMILES string of the molecule is BN1CCC(CCC2CCN(B)CC2)CC1. The summed E-state index contributed by atoms with van der Waals surface area (Å²) in [5, 5.41) is 0. The lowest BCUT2D eigenvalue weighted by molar-refractivity contribution is 0.224. The summed E-state index contributed by atoms with van der Waals surface area (Å²) < 4.78 is 0. The smallest absolute Gasteiger partial charge is 0.185 e. The maximum Gasteiger partial charge on any atom is 0.185 e. The second-order valence-electron chi connectivity index (χ2n) is 6.07. The van der Waals surface area contributed by atoms with Gasteiger partial charge in [0.25, 0.3) is 0 Å². The monoisotopic (exact) mass is 220 g/mol. The van der Waals surface area contributed by atoms with Gasteiger partial charge in [-0.15, -0.1) is 0 Å². The molecule has 2 rings (SSSR count). The number of nitrogens with zero attached hydrogens (tertiary/aromatic N) is 2. The molecule has 0 aromatic rings. The Kier molecular flexibility index (Phi) is 4.78. The van der Waals surface area contributed by atoms with E-state index >= 15 is 0 Å². The van der Waals surface area contributed by atoms with Gasteiger partial charge in [0.15, 0.2) is 16.0 Å². The van der Waals surface area contributed by atoms with Crippen LogP contribution in [0.4, 0.5) is 0 Å². The molecule has 2 saturated heterocycles. The molecule has 2 aliphatic rings. The molecule has 0 N–H and O–H groups in total. The van der Waals surface area contributed by atoms with E-state index in [0.717, 1.165) is 11.8 Å². The molecule has 4 heteroatoms. The second kappa shape index (κ2) is 6.11. The lowest BCUT2D eigenvalue weighted by atomic mass is 9.84. The highest BCUT2D eigenvalue weighted by Gasteiger charge is 2.20. The second-order valence-corrected chi connectivity index (χ2v) is 6.07. The number of hydrogen-bond acceptors (Lipinski definition) is 2. The average Bonchev–Trinajstić information content (AvgIpc) is 2.30. The van der Waals surface area contributed by atoms with Crippen LogP contribution in [0.25, 0.3) is 0 Å². The third-order valence-electron chi connectivity index (χ3n) is 4.66. The maximum atomic E-state index is 2.48. The summed E-state index contributed by atoms with van der Waals surface area (Å²) in [5.41, 5.74) is 0. The Morgan fingerprint density at radius 1 is 0.688 bits per heavy atom. The summed E-state index contributed by atoms with van der Waals surface area (Å²) in [7, 11) is 4.51. The Morgan fingerprint density at radius 3 is 1.31 bits per heavy atom. The van der Waals surface area contributed by atoms with Crippen LogP contribution in [0.2, 0.25) is 0 Å². The molecule has 0 aliphatic carbocycles. The summed E-state index contributed by atoms with van der Waals surface area (Å²) in [4.78, 5) is 4.96. The van der Waals surface area contributed by atoms with Crippen molar-refractivity contribution >= 4 is 16.0 Å². The van der Waals surface area contributed by atoms with Crippen LogP contribution in [0.3, 0.4) is 0 Å². The summed E-state index contributed by atoms with van der Waals surface area (Å²) in [6.07, 6.45) is 8.79. The molecule has 0 spiro atoms. The average molecular weight is 220 g/mol. The third kappa shape index (κ3) is 3.81. The number of piperidine rings is 2. The minimum absolute atomic E-state index is 1.04. The zero-order valence-electron chi connectivity index (χ0n) is 11.1. The van der Waals surface area contributed by atoms with Crippen LogP contribution in [-0.2, 0) is 0 Å². The first-order chi connectivity index (χ1) is 7.74. The predicted molar refractivity (Wildman–Crippen MR) is 74.9 cm³/mol. The minimum atomic E-state index is 1.04. The van der Waals surface area contributed by atoms with Gasteiger partial charge < -0.3 is 9.62 Å². The number of hydrogen-bond donors (Lipinski definition) is 0. The van der Waals surface area contributed by atoms with Gasteiger partial charge in [-0.3, -0.25) is 0 Å². The van der Waals surface area contributed by atoms with Crippen LogP contribution in [0.1, 0.15) is 38.5 Å². The van der Waals surface area contributed by atoms with Gasteiger partial charge in [-0.05, 0) is 63.7 Å². The van der Waals surface area contributed by atoms with E-state index in [1.54, 1.807) is 0 Å². The molecule has 2 fully saturated rings. The Balaban J connectivity index is 1.60. The van der Waals surface area contributed by atoms with Crippen LogP contribution >= 0.6 is 0 Å². The first-order valence-corrected chi connectivity index (χ1v) is 7.11. The van der Waals surface area contributed by atoms with E-state index in [4.69, 9.17) is 0 Å². The van der Waals surface area contributed by atoms with E-state index in [0.29, 0.717) is 0 Å². The highest BCUT2D eigenvalue weighted by molar-refractivity contribution is 6.04. The van der Waals surface area contributed by atoms with Crippen molar-refractivity contribution in [1.29, 1.82) is 0 Å². The van der Waals surface area contributed by atoms with Crippen LogP contribution in [-0.4, -0.2) is 51.8 Å². The molecule has 0 atom stereocenters.